The summed E-state index contributed by atoms with van der Waals surface area (Å²) in [7, 11) is -1.79. The molecule has 1 atom stereocenters. The third-order valence-corrected chi connectivity index (χ3v) is 10.5. The minimum absolute atomic E-state index is 0.628. The predicted octanol–water partition coefficient (Wildman–Crippen LogP) is 6.05. The molecule has 0 N–H and O–H groups in total. The molecule has 19 heavy (non-hydrogen) atoms. The highest BCUT2D eigenvalue weighted by Gasteiger charge is 2.47. The summed E-state index contributed by atoms with van der Waals surface area (Å²) >= 11 is 0. The van der Waals surface area contributed by atoms with Crippen LogP contribution >= 0.6 is 0 Å². The molecule has 0 unspecified atom stereocenters. The van der Waals surface area contributed by atoms with Gasteiger partial charge in [-0.25, -0.2) is 0 Å². The molecule has 0 saturated heterocycles. The summed E-state index contributed by atoms with van der Waals surface area (Å²) in [5, 5.41) is 0. The zero-order chi connectivity index (χ0) is 14.6. The van der Waals surface area contributed by atoms with Gasteiger partial charge in [-0.1, -0.05) is 54.5 Å². The van der Waals surface area contributed by atoms with Gasteiger partial charge in [0.15, 0.2) is 0 Å². The second-order valence-corrected chi connectivity index (χ2v) is 12.3. The maximum absolute atomic E-state index is 6.73. The predicted molar refractivity (Wildman–Crippen MR) is 87.8 cm³/mol. The summed E-state index contributed by atoms with van der Waals surface area (Å²) in [6, 6.07) is 0. The highest BCUT2D eigenvalue weighted by molar-refractivity contribution is 6.77. The summed E-state index contributed by atoms with van der Waals surface area (Å²) in [6.45, 7) is 16.4. The van der Waals surface area contributed by atoms with Gasteiger partial charge in [0, 0.05) is 0 Å². The molecule has 1 aliphatic carbocycles. The molecule has 1 aliphatic rings. The first-order chi connectivity index (χ1) is 8.80. The number of hydrogen-bond acceptors (Lipinski definition) is 1. The van der Waals surface area contributed by atoms with Crippen molar-refractivity contribution in [3.63, 3.8) is 0 Å². The second kappa shape index (κ2) is 6.78. The molecule has 2 heteroatoms. The van der Waals surface area contributed by atoms with Crippen LogP contribution in [0.2, 0.25) is 16.6 Å². The zero-order valence-electron chi connectivity index (χ0n) is 13.9. The lowest BCUT2D eigenvalue weighted by Crippen LogP contribution is -2.47. The van der Waals surface area contributed by atoms with Gasteiger partial charge in [-0.2, -0.15) is 0 Å². The van der Waals surface area contributed by atoms with Crippen LogP contribution in [0.5, 0.6) is 0 Å². The van der Waals surface area contributed by atoms with Crippen LogP contribution in [0, 0.1) is 5.92 Å². The first-order valence-corrected chi connectivity index (χ1v) is 10.0. The van der Waals surface area contributed by atoms with Crippen molar-refractivity contribution in [1.29, 1.82) is 0 Å². The van der Waals surface area contributed by atoms with E-state index in [0.29, 0.717) is 22.5 Å². The molecule has 0 bridgehead atoms. The average molecular weight is 281 g/mol. The number of rotatable bonds is 5. The van der Waals surface area contributed by atoms with E-state index in [1.54, 1.807) is 0 Å². The molecule has 0 fully saturated rings. The van der Waals surface area contributed by atoms with E-state index in [4.69, 9.17) is 4.43 Å². The van der Waals surface area contributed by atoms with E-state index < -0.39 is 8.32 Å². The van der Waals surface area contributed by atoms with Crippen LogP contribution in [0.4, 0.5) is 0 Å². The summed E-state index contributed by atoms with van der Waals surface area (Å²) in [5.41, 5.74) is 1.92. The SMILES string of the molecule is CC(C)[Si](OC1=C[C@H](C)CCC=C1)(C(C)C)C(C)C. The molecule has 0 saturated carbocycles. The monoisotopic (exact) mass is 280 g/mol. The smallest absolute Gasteiger partial charge is 0.258 e. The molecule has 1 rings (SSSR count). The van der Waals surface area contributed by atoms with Gasteiger partial charge >= 0.3 is 0 Å². The fraction of sp³-hybridized carbons (Fsp3) is 0.765. The third-order valence-electron chi connectivity index (χ3n) is 4.52. The van der Waals surface area contributed by atoms with E-state index in [2.05, 4.69) is 66.7 Å². The zero-order valence-corrected chi connectivity index (χ0v) is 14.9. The Kier molecular flexibility index (Phi) is 5.91. The molecular formula is C17H32OSi. The van der Waals surface area contributed by atoms with Gasteiger partial charge in [-0.3, -0.25) is 0 Å². The molecule has 0 aromatic rings. The summed E-state index contributed by atoms with van der Waals surface area (Å²) < 4.78 is 6.73. The van der Waals surface area contributed by atoms with Crippen molar-refractivity contribution in [2.24, 2.45) is 5.92 Å². The normalized spacial score (nSPS) is 20.9. The Hall–Kier alpha value is -0.503. The van der Waals surface area contributed by atoms with Crippen LogP contribution in [-0.2, 0) is 4.43 Å². The van der Waals surface area contributed by atoms with Crippen LogP contribution in [0.3, 0.4) is 0 Å². The number of allylic oxidation sites excluding steroid dienone is 3. The van der Waals surface area contributed by atoms with E-state index in [1.807, 2.05) is 0 Å². The Labute approximate surface area is 121 Å². The van der Waals surface area contributed by atoms with E-state index in [1.165, 1.54) is 12.8 Å². The fourth-order valence-corrected chi connectivity index (χ4v) is 8.86. The molecule has 0 spiro atoms. The van der Waals surface area contributed by atoms with Crippen molar-refractivity contribution in [3.05, 3.63) is 24.0 Å². The maximum Gasteiger partial charge on any atom is 0.258 e. The molecule has 0 aliphatic heterocycles. The van der Waals surface area contributed by atoms with E-state index in [-0.39, 0.29) is 0 Å². The second-order valence-electron chi connectivity index (χ2n) is 6.95. The average Bonchev–Trinajstić information content (AvgIpc) is 2.48. The molecule has 0 amide bonds. The van der Waals surface area contributed by atoms with Gasteiger partial charge in [0.05, 0.1) is 5.76 Å². The molecular weight excluding hydrogens is 248 g/mol. The highest BCUT2D eigenvalue weighted by atomic mass is 28.4. The van der Waals surface area contributed by atoms with E-state index >= 15 is 0 Å². The van der Waals surface area contributed by atoms with Crippen molar-refractivity contribution >= 4 is 8.32 Å². The minimum atomic E-state index is -1.79. The van der Waals surface area contributed by atoms with Gasteiger partial charge in [-0.05, 0) is 47.5 Å². The lowest BCUT2D eigenvalue weighted by molar-refractivity contribution is 0.382. The van der Waals surface area contributed by atoms with E-state index in [0.717, 1.165) is 5.76 Å². The van der Waals surface area contributed by atoms with Crippen LogP contribution in [0.1, 0.15) is 61.3 Å². The van der Waals surface area contributed by atoms with Gasteiger partial charge in [0.25, 0.3) is 8.32 Å². The van der Waals surface area contributed by atoms with Crippen molar-refractivity contribution in [2.75, 3.05) is 0 Å². The molecule has 0 heterocycles. The largest absolute Gasteiger partial charge is 0.543 e. The number of hydrogen-bond donors (Lipinski definition) is 0. The Morgan fingerprint density at radius 1 is 1.05 bits per heavy atom. The quantitative estimate of drug-likeness (QED) is 0.557. The Morgan fingerprint density at radius 2 is 1.58 bits per heavy atom. The van der Waals surface area contributed by atoms with E-state index in [9.17, 15) is 0 Å². The molecule has 0 radical (unpaired) electrons. The summed E-state index contributed by atoms with van der Waals surface area (Å²) in [4.78, 5) is 0. The summed E-state index contributed by atoms with van der Waals surface area (Å²) in [5.74, 6) is 1.76. The van der Waals surface area contributed by atoms with Crippen molar-refractivity contribution in [3.8, 4) is 0 Å². The lowest BCUT2D eigenvalue weighted by Gasteiger charge is -2.42. The topological polar surface area (TPSA) is 9.23 Å². The van der Waals surface area contributed by atoms with Gasteiger partial charge in [0.1, 0.15) is 0 Å². The first-order valence-electron chi connectivity index (χ1n) is 7.88. The molecule has 1 nitrogen and oxygen atoms in total. The lowest BCUT2D eigenvalue weighted by atomic mass is 10.1. The third kappa shape index (κ3) is 3.74. The van der Waals surface area contributed by atoms with Gasteiger partial charge < -0.3 is 4.43 Å². The van der Waals surface area contributed by atoms with Crippen molar-refractivity contribution in [1.82, 2.24) is 0 Å². The van der Waals surface area contributed by atoms with Gasteiger partial charge in [-0.15, -0.1) is 0 Å². The van der Waals surface area contributed by atoms with Crippen LogP contribution in [0.15, 0.2) is 24.0 Å². The Bertz CT molecular complexity index is 317. The fourth-order valence-electron chi connectivity index (χ4n) is 3.60. The van der Waals surface area contributed by atoms with Crippen molar-refractivity contribution in [2.45, 2.75) is 77.9 Å². The van der Waals surface area contributed by atoms with Crippen molar-refractivity contribution < 1.29 is 4.43 Å². The Morgan fingerprint density at radius 3 is 2.05 bits per heavy atom. The standard InChI is InChI=1S/C17H32OSi/c1-13(2)19(14(3)4,15(5)6)18-17-11-9-8-10-16(7)12-17/h9,11-16H,8,10H2,1-7H3/t16-/m1/s1. The van der Waals surface area contributed by atoms with Crippen LogP contribution in [-0.4, -0.2) is 8.32 Å². The summed E-state index contributed by atoms with van der Waals surface area (Å²) in [6.07, 6.45) is 9.22. The minimum Gasteiger partial charge on any atom is -0.543 e. The van der Waals surface area contributed by atoms with Crippen LogP contribution in [0.25, 0.3) is 0 Å². The first kappa shape index (κ1) is 16.6. The molecule has 0 aromatic heterocycles. The van der Waals surface area contributed by atoms with Crippen LogP contribution < -0.4 is 0 Å². The highest BCUT2D eigenvalue weighted by Crippen LogP contribution is 2.44. The Balaban J connectivity index is 3.06. The molecule has 110 valence electrons. The maximum atomic E-state index is 6.73. The molecule has 0 aromatic carbocycles. The van der Waals surface area contributed by atoms with Gasteiger partial charge in [0.2, 0.25) is 0 Å².